The van der Waals surface area contributed by atoms with Crippen LogP contribution >= 0.6 is 0 Å². The van der Waals surface area contributed by atoms with Crippen molar-refractivity contribution in [2.75, 3.05) is 16.8 Å². The predicted octanol–water partition coefficient (Wildman–Crippen LogP) is 7.22. The molecule has 234 valence electrons. The molecule has 1 aliphatic carbocycles. The summed E-state index contributed by atoms with van der Waals surface area (Å²) in [7, 11) is 0. The first kappa shape index (κ1) is 32.7. The fraction of sp³-hybridized carbons (Fsp3) is 0.250. The Bertz CT molecular complexity index is 1650. The first-order valence-corrected chi connectivity index (χ1v) is 13.8. The monoisotopic (exact) mass is 626 g/mol. The van der Waals surface area contributed by atoms with Crippen LogP contribution in [0.4, 0.5) is 38.1 Å². The van der Waals surface area contributed by atoms with E-state index >= 15 is 0 Å². The largest absolute Gasteiger partial charge is 0.477 e. The highest BCUT2D eigenvalue weighted by Crippen LogP contribution is 2.34. The third kappa shape index (κ3) is 8.23. The van der Waals surface area contributed by atoms with Crippen molar-refractivity contribution in [2.45, 2.75) is 44.3 Å². The van der Waals surface area contributed by atoms with Crippen molar-refractivity contribution in [3.05, 3.63) is 101 Å². The number of anilines is 2. The van der Waals surface area contributed by atoms with Crippen LogP contribution in [0.2, 0.25) is 0 Å². The molecule has 4 rings (SSSR count). The van der Waals surface area contributed by atoms with E-state index in [4.69, 9.17) is 10.4 Å². The number of nitrogens with one attached hydrogen (secondary N) is 2. The molecular weight excluding hydrogens is 599 g/mol. The van der Waals surface area contributed by atoms with E-state index in [0.29, 0.717) is 17.3 Å². The molecule has 13 heteroatoms. The Morgan fingerprint density at radius 1 is 0.933 bits per heavy atom. The molecule has 3 N–H and O–H groups in total. The number of allylic oxidation sites excluding steroid dienone is 2. The number of hydrogen-bond acceptors (Lipinski definition) is 4. The van der Waals surface area contributed by atoms with Gasteiger partial charge in [0.05, 0.1) is 30.3 Å². The summed E-state index contributed by atoms with van der Waals surface area (Å²) in [5.41, 5.74) is 1.02. The van der Waals surface area contributed by atoms with Crippen LogP contribution in [-0.2, 0) is 17.5 Å². The fourth-order valence-corrected chi connectivity index (χ4v) is 4.69. The van der Waals surface area contributed by atoms with Gasteiger partial charge in [0.25, 0.3) is 5.91 Å². The highest BCUT2D eigenvalue weighted by molar-refractivity contribution is 6.02. The number of carbonyl (C=O) groups is 3. The minimum atomic E-state index is -4.83. The number of carboxylic acids is 1. The smallest absolute Gasteiger partial charge is 0.417 e. The number of hydrogen-bond donors (Lipinski definition) is 3. The molecule has 0 heterocycles. The van der Waals surface area contributed by atoms with Gasteiger partial charge in [-0.15, -0.1) is 0 Å². The molecule has 0 unspecified atom stereocenters. The lowest BCUT2D eigenvalue weighted by molar-refractivity contribution is -0.163. The minimum absolute atomic E-state index is 0.0432. The third-order valence-electron chi connectivity index (χ3n) is 7.12. The molecule has 0 radical (unpaired) electrons. The average molecular weight is 627 g/mol. The zero-order valence-electron chi connectivity index (χ0n) is 23.6. The van der Waals surface area contributed by atoms with Crippen LogP contribution in [0.1, 0.15) is 58.3 Å². The lowest BCUT2D eigenvalue weighted by atomic mass is 9.93. The number of urea groups is 1. The van der Waals surface area contributed by atoms with Crippen LogP contribution in [0.15, 0.2) is 72.8 Å². The van der Waals surface area contributed by atoms with E-state index in [-0.39, 0.29) is 17.8 Å². The predicted molar refractivity (Wildman–Crippen MR) is 156 cm³/mol. The van der Waals surface area contributed by atoms with Crippen molar-refractivity contribution < 1.29 is 41.4 Å². The Balaban J connectivity index is 1.58. The van der Waals surface area contributed by atoms with Crippen molar-refractivity contribution in [2.24, 2.45) is 0 Å². The Kier molecular flexibility index (Phi) is 9.86. The van der Waals surface area contributed by atoms with E-state index in [1.54, 1.807) is 12.1 Å². The summed E-state index contributed by atoms with van der Waals surface area (Å²) in [5.74, 6) is -7.47. The van der Waals surface area contributed by atoms with E-state index in [1.165, 1.54) is 46.9 Å². The zero-order chi connectivity index (χ0) is 32.8. The second-order valence-corrected chi connectivity index (χ2v) is 10.3. The maximum Gasteiger partial charge on any atom is 0.417 e. The number of benzene rings is 3. The highest BCUT2D eigenvalue weighted by atomic mass is 19.4. The Hall–Kier alpha value is -5.25. The number of aliphatic carboxylic acids is 1. The van der Waals surface area contributed by atoms with Crippen molar-refractivity contribution in [1.82, 2.24) is 5.32 Å². The molecule has 3 aromatic carbocycles. The summed E-state index contributed by atoms with van der Waals surface area (Å²) in [5, 5.41) is 21.9. The van der Waals surface area contributed by atoms with Gasteiger partial charge < -0.3 is 15.7 Å². The van der Waals surface area contributed by atoms with Gasteiger partial charge in [0.15, 0.2) is 0 Å². The molecule has 0 fully saturated rings. The molecular formula is C32H27F5N4O4. The fourth-order valence-electron chi connectivity index (χ4n) is 4.69. The van der Waals surface area contributed by atoms with Crippen LogP contribution < -0.4 is 15.5 Å². The number of halogens is 5. The van der Waals surface area contributed by atoms with Crippen LogP contribution in [-0.4, -0.2) is 35.5 Å². The number of nitriles is 1. The Morgan fingerprint density at radius 2 is 1.62 bits per heavy atom. The van der Waals surface area contributed by atoms with Crippen molar-refractivity contribution in [1.29, 1.82) is 5.26 Å². The van der Waals surface area contributed by atoms with Gasteiger partial charge in [-0.25, -0.2) is 9.59 Å². The Labute approximate surface area is 254 Å². The number of nitrogens with zero attached hydrogens (tertiary/aromatic N) is 2. The minimum Gasteiger partial charge on any atom is -0.477 e. The maximum atomic E-state index is 13.5. The molecule has 3 aromatic rings. The molecule has 0 aliphatic heterocycles. The van der Waals surface area contributed by atoms with E-state index in [1.807, 2.05) is 17.4 Å². The van der Waals surface area contributed by atoms with Gasteiger partial charge >= 0.3 is 24.1 Å². The second-order valence-electron chi connectivity index (χ2n) is 10.3. The number of carbonyl (C=O) groups excluding carboxylic acids is 2. The zero-order valence-corrected chi connectivity index (χ0v) is 23.6. The lowest BCUT2D eigenvalue weighted by Crippen LogP contribution is -2.42. The normalized spacial score (nSPS) is 13.3. The molecule has 0 atom stereocenters. The molecule has 3 amide bonds. The van der Waals surface area contributed by atoms with Crippen LogP contribution in [0, 0.1) is 11.3 Å². The molecule has 0 bridgehead atoms. The standard InChI is InChI=1S/C32H27F5N4O4/c33-31(34,29(43)44)19-39-28(42)23-8-6-20(7-9-23)18-41(26-14-11-22(12-15-26)21-4-2-1-3-5-21)30(45)40-25-13-10-24(17-38)27(16-25)32(35,36)37/h4,6-16H,1-3,5,18-19H2,(H,39,42)(H,40,45)(H,43,44). The van der Waals surface area contributed by atoms with Crippen molar-refractivity contribution in [3.8, 4) is 6.07 Å². The summed E-state index contributed by atoms with van der Waals surface area (Å²) < 4.78 is 67.2. The van der Waals surface area contributed by atoms with Gasteiger partial charge in [0.1, 0.15) is 0 Å². The number of alkyl halides is 5. The summed E-state index contributed by atoms with van der Waals surface area (Å²) in [4.78, 5) is 37.6. The number of rotatable bonds is 9. The topological polar surface area (TPSA) is 123 Å². The molecule has 0 saturated carbocycles. The van der Waals surface area contributed by atoms with Gasteiger partial charge in [-0.1, -0.05) is 30.3 Å². The van der Waals surface area contributed by atoms with E-state index in [2.05, 4.69) is 11.4 Å². The quantitative estimate of drug-likeness (QED) is 0.217. The average Bonchev–Trinajstić information content (AvgIpc) is 3.02. The van der Waals surface area contributed by atoms with E-state index in [9.17, 15) is 36.3 Å². The Morgan fingerprint density at radius 3 is 2.20 bits per heavy atom. The number of amides is 3. The van der Waals surface area contributed by atoms with Crippen LogP contribution in [0.25, 0.3) is 5.57 Å². The van der Waals surface area contributed by atoms with Crippen molar-refractivity contribution >= 4 is 34.9 Å². The van der Waals surface area contributed by atoms with Crippen LogP contribution in [0.3, 0.4) is 0 Å². The van der Waals surface area contributed by atoms with E-state index < -0.39 is 47.7 Å². The summed E-state index contributed by atoms with van der Waals surface area (Å²) in [6.07, 6.45) is 1.38. The summed E-state index contributed by atoms with van der Waals surface area (Å²) in [6.45, 7) is -1.51. The van der Waals surface area contributed by atoms with E-state index in [0.717, 1.165) is 37.3 Å². The molecule has 0 saturated heterocycles. The maximum absolute atomic E-state index is 13.5. The molecule has 1 aliphatic rings. The first-order valence-electron chi connectivity index (χ1n) is 13.8. The second kappa shape index (κ2) is 13.6. The van der Waals surface area contributed by atoms with Gasteiger partial charge in [-0.05, 0) is 84.8 Å². The van der Waals surface area contributed by atoms with Crippen LogP contribution in [0.5, 0.6) is 0 Å². The number of carboxylic acid groups (broad SMARTS) is 1. The van der Waals surface area contributed by atoms with Gasteiger partial charge in [-0.2, -0.15) is 27.2 Å². The SMILES string of the molecule is N#Cc1ccc(NC(=O)N(Cc2ccc(C(=O)NCC(F)(F)C(=O)O)cc2)c2ccc(C3=CCCCC3)cc2)cc1C(F)(F)F. The van der Waals surface area contributed by atoms with Gasteiger partial charge in [0, 0.05) is 16.9 Å². The molecule has 45 heavy (non-hydrogen) atoms. The lowest BCUT2D eigenvalue weighted by Gasteiger charge is -2.24. The van der Waals surface area contributed by atoms with Gasteiger partial charge in [0.2, 0.25) is 0 Å². The highest BCUT2D eigenvalue weighted by Gasteiger charge is 2.39. The van der Waals surface area contributed by atoms with Gasteiger partial charge in [-0.3, -0.25) is 9.69 Å². The van der Waals surface area contributed by atoms with Crippen molar-refractivity contribution in [3.63, 3.8) is 0 Å². The summed E-state index contributed by atoms with van der Waals surface area (Å²) in [6, 6.07) is 16.1. The summed E-state index contributed by atoms with van der Waals surface area (Å²) >= 11 is 0. The molecule has 0 aromatic heterocycles. The first-order chi connectivity index (χ1) is 21.3. The third-order valence-corrected chi connectivity index (χ3v) is 7.12. The molecule has 0 spiro atoms. The molecule has 8 nitrogen and oxygen atoms in total.